The van der Waals surface area contributed by atoms with E-state index in [0.717, 1.165) is 19.3 Å². The molecule has 1 rings (SSSR count). The van der Waals surface area contributed by atoms with E-state index in [2.05, 4.69) is 48.5 Å². The maximum Gasteiger partial charge on any atom is 0.293 e. The Bertz CT molecular complexity index is 287. The Morgan fingerprint density at radius 3 is 1.74 bits per heavy atom. The van der Waals surface area contributed by atoms with Gasteiger partial charge < -0.3 is 4.74 Å². The molecule has 0 aromatic carbocycles. The summed E-state index contributed by atoms with van der Waals surface area (Å²) < 4.78 is 5.29. The van der Waals surface area contributed by atoms with Gasteiger partial charge in [-0.3, -0.25) is 4.79 Å². The van der Waals surface area contributed by atoms with Crippen molar-refractivity contribution >= 4 is 6.47 Å². The second-order valence-electron chi connectivity index (χ2n) is 9.68. The fourth-order valence-corrected chi connectivity index (χ4v) is 2.97. The number of carbonyl (C=O) groups excluding carboxylic acids is 1. The molecular formula is C21H42O2. The summed E-state index contributed by atoms with van der Waals surface area (Å²) in [5, 5.41) is 0. The van der Waals surface area contributed by atoms with Crippen LogP contribution in [0.2, 0.25) is 0 Å². The van der Waals surface area contributed by atoms with Crippen molar-refractivity contribution in [1.29, 1.82) is 0 Å². The molecule has 23 heavy (non-hydrogen) atoms. The summed E-state index contributed by atoms with van der Waals surface area (Å²) in [6.45, 7) is 16.6. The number of hydrogen-bond acceptors (Lipinski definition) is 2. The number of carbonyl (C=O) groups is 1. The van der Waals surface area contributed by atoms with Gasteiger partial charge in [0.1, 0.15) is 5.60 Å². The maximum atomic E-state index is 10.4. The minimum atomic E-state index is -0.0873. The van der Waals surface area contributed by atoms with Crippen LogP contribution in [-0.4, -0.2) is 12.1 Å². The Labute approximate surface area is 145 Å². The van der Waals surface area contributed by atoms with Gasteiger partial charge in [0.05, 0.1) is 0 Å². The quantitative estimate of drug-likeness (QED) is 0.496. The van der Waals surface area contributed by atoms with Gasteiger partial charge >= 0.3 is 0 Å². The summed E-state index contributed by atoms with van der Waals surface area (Å²) in [4.78, 5) is 10.4. The van der Waals surface area contributed by atoms with Gasteiger partial charge in [0.2, 0.25) is 0 Å². The lowest BCUT2D eigenvalue weighted by molar-refractivity contribution is -0.148. The second-order valence-corrected chi connectivity index (χ2v) is 9.68. The lowest BCUT2D eigenvalue weighted by Gasteiger charge is -2.35. The van der Waals surface area contributed by atoms with Crippen LogP contribution in [0.15, 0.2) is 0 Å². The lowest BCUT2D eigenvalue weighted by atomic mass is 9.81. The van der Waals surface area contributed by atoms with Crippen molar-refractivity contribution in [2.45, 2.75) is 118 Å². The van der Waals surface area contributed by atoms with E-state index in [1.807, 2.05) is 0 Å². The highest BCUT2D eigenvalue weighted by molar-refractivity contribution is 5.38. The molecular weight excluding hydrogens is 284 g/mol. The SMILES string of the molecule is CC(C)(C)CCC(C)(C)C.CCCCC1(OC=O)CCCCC1. The average molecular weight is 327 g/mol. The van der Waals surface area contributed by atoms with Gasteiger partial charge in [0.25, 0.3) is 6.47 Å². The largest absolute Gasteiger partial charge is 0.461 e. The zero-order valence-electron chi connectivity index (χ0n) is 17.0. The van der Waals surface area contributed by atoms with Crippen LogP contribution in [0.3, 0.4) is 0 Å². The Balaban J connectivity index is 0.000000438. The molecule has 1 saturated carbocycles. The van der Waals surface area contributed by atoms with Gasteiger partial charge in [-0.05, 0) is 62.2 Å². The maximum absolute atomic E-state index is 10.4. The molecule has 0 heterocycles. The van der Waals surface area contributed by atoms with E-state index in [4.69, 9.17) is 4.74 Å². The molecule has 2 nitrogen and oxygen atoms in total. The number of ether oxygens (including phenoxy) is 1. The first-order chi connectivity index (χ1) is 10.5. The van der Waals surface area contributed by atoms with Gasteiger partial charge in [-0.2, -0.15) is 0 Å². The predicted molar refractivity (Wildman–Crippen MR) is 101 cm³/mol. The molecule has 0 atom stereocenters. The van der Waals surface area contributed by atoms with Crippen LogP contribution >= 0.6 is 0 Å². The van der Waals surface area contributed by atoms with E-state index in [1.54, 1.807) is 0 Å². The van der Waals surface area contributed by atoms with Crippen molar-refractivity contribution in [2.24, 2.45) is 10.8 Å². The molecule has 2 heteroatoms. The van der Waals surface area contributed by atoms with E-state index in [9.17, 15) is 4.79 Å². The van der Waals surface area contributed by atoms with Crippen molar-refractivity contribution in [2.75, 3.05) is 0 Å². The molecule has 0 saturated heterocycles. The van der Waals surface area contributed by atoms with Crippen LogP contribution in [0.1, 0.15) is 113 Å². The van der Waals surface area contributed by atoms with Crippen LogP contribution in [0.5, 0.6) is 0 Å². The van der Waals surface area contributed by atoms with Gasteiger partial charge in [0.15, 0.2) is 0 Å². The number of unbranched alkanes of at least 4 members (excludes halogenated alkanes) is 1. The molecule has 0 radical (unpaired) electrons. The Morgan fingerprint density at radius 2 is 1.39 bits per heavy atom. The van der Waals surface area contributed by atoms with Crippen LogP contribution in [-0.2, 0) is 9.53 Å². The summed E-state index contributed by atoms with van der Waals surface area (Å²) in [6, 6.07) is 0. The zero-order chi connectivity index (χ0) is 18.0. The molecule has 1 aliphatic carbocycles. The fourth-order valence-electron chi connectivity index (χ4n) is 2.97. The van der Waals surface area contributed by atoms with Crippen molar-refractivity contribution < 1.29 is 9.53 Å². The van der Waals surface area contributed by atoms with Crippen molar-refractivity contribution in [3.8, 4) is 0 Å². The van der Waals surface area contributed by atoms with E-state index >= 15 is 0 Å². The standard InChI is InChI=1S/C11H20O2.C10H22/c1-2-3-7-11(13-10-12)8-5-4-6-9-11;1-9(2,3)7-8-10(4,5)6/h10H,2-9H2,1H3;7-8H2,1-6H3. The predicted octanol–water partition coefficient (Wildman–Crippen LogP) is 6.91. The van der Waals surface area contributed by atoms with Gasteiger partial charge in [-0.15, -0.1) is 0 Å². The van der Waals surface area contributed by atoms with Gasteiger partial charge in [-0.25, -0.2) is 0 Å². The molecule has 0 aliphatic heterocycles. The highest BCUT2D eigenvalue weighted by Crippen LogP contribution is 2.35. The summed E-state index contributed by atoms with van der Waals surface area (Å²) in [6.07, 6.45) is 12.0. The fraction of sp³-hybridized carbons (Fsp3) is 0.952. The molecule has 1 fully saturated rings. The van der Waals surface area contributed by atoms with E-state index in [1.165, 1.54) is 44.9 Å². The summed E-state index contributed by atoms with van der Waals surface area (Å²) >= 11 is 0. The van der Waals surface area contributed by atoms with E-state index < -0.39 is 0 Å². The molecule has 0 unspecified atom stereocenters. The second kappa shape index (κ2) is 10.4. The smallest absolute Gasteiger partial charge is 0.293 e. The molecule has 0 N–H and O–H groups in total. The molecule has 0 aromatic rings. The Morgan fingerprint density at radius 1 is 0.913 bits per heavy atom. The van der Waals surface area contributed by atoms with Gasteiger partial charge in [0, 0.05) is 0 Å². The third kappa shape index (κ3) is 12.5. The van der Waals surface area contributed by atoms with Crippen LogP contribution < -0.4 is 0 Å². The topological polar surface area (TPSA) is 26.3 Å². The minimum absolute atomic E-state index is 0.0873. The molecule has 0 amide bonds. The van der Waals surface area contributed by atoms with Crippen LogP contribution in [0.25, 0.3) is 0 Å². The van der Waals surface area contributed by atoms with Crippen molar-refractivity contribution in [3.63, 3.8) is 0 Å². The molecule has 138 valence electrons. The normalized spacial score (nSPS) is 17.9. The monoisotopic (exact) mass is 326 g/mol. The Hall–Kier alpha value is -0.530. The van der Waals surface area contributed by atoms with Gasteiger partial charge in [-0.1, -0.05) is 61.3 Å². The first-order valence-corrected chi connectivity index (χ1v) is 9.65. The first kappa shape index (κ1) is 22.5. The third-order valence-corrected chi connectivity index (χ3v) is 4.67. The molecule has 0 aromatic heterocycles. The third-order valence-electron chi connectivity index (χ3n) is 4.67. The van der Waals surface area contributed by atoms with Crippen molar-refractivity contribution in [1.82, 2.24) is 0 Å². The summed E-state index contributed by atoms with van der Waals surface area (Å²) in [5.41, 5.74) is 0.927. The highest BCUT2D eigenvalue weighted by atomic mass is 16.5. The Kier molecular flexibility index (Phi) is 10.1. The summed E-state index contributed by atoms with van der Waals surface area (Å²) in [5.74, 6) is 0. The zero-order valence-corrected chi connectivity index (χ0v) is 17.0. The average Bonchev–Trinajstić information content (AvgIpc) is 2.44. The van der Waals surface area contributed by atoms with Crippen LogP contribution in [0, 0.1) is 10.8 Å². The molecule has 1 aliphatic rings. The minimum Gasteiger partial charge on any atom is -0.461 e. The van der Waals surface area contributed by atoms with Crippen LogP contribution in [0.4, 0.5) is 0 Å². The lowest BCUT2D eigenvalue weighted by Crippen LogP contribution is -2.34. The van der Waals surface area contributed by atoms with E-state index in [0.29, 0.717) is 17.3 Å². The summed E-state index contributed by atoms with van der Waals surface area (Å²) in [7, 11) is 0. The number of hydrogen-bond donors (Lipinski definition) is 0. The van der Waals surface area contributed by atoms with Crippen molar-refractivity contribution in [3.05, 3.63) is 0 Å². The number of rotatable bonds is 6. The molecule has 0 spiro atoms. The molecule has 0 bridgehead atoms. The first-order valence-electron chi connectivity index (χ1n) is 9.65. The highest BCUT2D eigenvalue weighted by Gasteiger charge is 2.32. The van der Waals surface area contributed by atoms with E-state index in [-0.39, 0.29) is 5.60 Å².